The predicted octanol–water partition coefficient (Wildman–Crippen LogP) is 4.54. The first kappa shape index (κ1) is 17.8. The van der Waals surface area contributed by atoms with Crippen LogP contribution >= 0.6 is 23.2 Å². The van der Waals surface area contributed by atoms with Gasteiger partial charge in [0.15, 0.2) is 6.61 Å². The van der Waals surface area contributed by atoms with E-state index in [2.05, 4.69) is 9.88 Å². The van der Waals surface area contributed by atoms with E-state index >= 15 is 0 Å². The number of nitrogens with zero attached hydrogens (tertiary/aromatic N) is 1. The summed E-state index contributed by atoms with van der Waals surface area (Å²) in [5.41, 5.74) is 2.78. The molecule has 0 unspecified atom stereocenters. The van der Waals surface area contributed by atoms with Gasteiger partial charge in [-0.25, -0.2) is 4.79 Å². The average molecular weight is 381 g/mol. The lowest BCUT2D eigenvalue weighted by Crippen LogP contribution is -2.21. The Morgan fingerprint density at radius 1 is 1.28 bits per heavy atom. The number of amides is 1. The predicted molar refractivity (Wildman–Crippen MR) is 97.6 cm³/mol. The van der Waals surface area contributed by atoms with Crippen molar-refractivity contribution < 1.29 is 14.3 Å². The van der Waals surface area contributed by atoms with E-state index in [1.165, 1.54) is 0 Å². The first-order valence-corrected chi connectivity index (χ1v) is 8.73. The molecule has 0 bridgehead atoms. The SMILES string of the molecule is Cc1cc(C(=O)OCC(=O)Nc2cccc(Cl)c2Cl)c(C)n1C1CC1. The maximum Gasteiger partial charge on any atom is 0.340 e. The van der Waals surface area contributed by atoms with Crippen LogP contribution in [0.4, 0.5) is 5.69 Å². The van der Waals surface area contributed by atoms with Gasteiger partial charge in [0.05, 0.1) is 21.3 Å². The molecule has 1 saturated carbocycles. The number of hydrogen-bond acceptors (Lipinski definition) is 3. The monoisotopic (exact) mass is 380 g/mol. The molecule has 0 saturated heterocycles. The highest BCUT2D eigenvalue weighted by molar-refractivity contribution is 6.44. The number of esters is 1. The smallest absolute Gasteiger partial charge is 0.340 e. The first-order chi connectivity index (χ1) is 11.9. The summed E-state index contributed by atoms with van der Waals surface area (Å²) in [6.07, 6.45) is 2.27. The molecule has 0 aliphatic heterocycles. The van der Waals surface area contributed by atoms with Crippen LogP contribution in [0.25, 0.3) is 0 Å². The molecule has 132 valence electrons. The van der Waals surface area contributed by atoms with E-state index in [1.807, 2.05) is 19.9 Å². The summed E-state index contributed by atoms with van der Waals surface area (Å²) in [6.45, 7) is 3.47. The molecule has 1 aromatic heterocycles. The second-order valence-electron chi connectivity index (χ2n) is 6.11. The molecule has 3 rings (SSSR count). The van der Waals surface area contributed by atoms with Crippen LogP contribution in [0.5, 0.6) is 0 Å². The number of rotatable bonds is 5. The number of nitrogens with one attached hydrogen (secondary N) is 1. The van der Waals surface area contributed by atoms with Gasteiger partial charge in [-0.3, -0.25) is 4.79 Å². The Kier molecular flexibility index (Phi) is 5.06. The summed E-state index contributed by atoms with van der Waals surface area (Å²) in [5.74, 6) is -0.985. The molecule has 1 fully saturated rings. The van der Waals surface area contributed by atoms with E-state index in [4.69, 9.17) is 27.9 Å². The van der Waals surface area contributed by atoms with Crippen LogP contribution in [0.15, 0.2) is 24.3 Å². The third kappa shape index (κ3) is 3.83. The minimum Gasteiger partial charge on any atom is -0.452 e. The van der Waals surface area contributed by atoms with E-state index in [0.29, 0.717) is 22.3 Å². The minimum atomic E-state index is -0.507. The molecule has 0 spiro atoms. The van der Waals surface area contributed by atoms with E-state index in [9.17, 15) is 9.59 Å². The van der Waals surface area contributed by atoms with Crippen molar-refractivity contribution in [1.29, 1.82) is 0 Å². The standard InChI is InChI=1S/C18H18Cl2N2O3/c1-10-8-13(11(2)22(10)12-6-7-12)18(24)25-9-16(23)21-15-5-3-4-14(19)17(15)20/h3-5,8,12H,6-7,9H2,1-2H3,(H,21,23). The van der Waals surface area contributed by atoms with Crippen LogP contribution < -0.4 is 5.32 Å². The Hall–Kier alpha value is -1.98. The molecule has 1 aliphatic rings. The first-order valence-electron chi connectivity index (χ1n) is 7.98. The van der Waals surface area contributed by atoms with Crippen LogP contribution in [-0.4, -0.2) is 23.1 Å². The third-order valence-corrected chi connectivity index (χ3v) is 5.00. The lowest BCUT2D eigenvalue weighted by Gasteiger charge is -2.09. The zero-order valence-electron chi connectivity index (χ0n) is 13.9. The van der Waals surface area contributed by atoms with Crippen molar-refractivity contribution in [1.82, 2.24) is 4.57 Å². The zero-order valence-corrected chi connectivity index (χ0v) is 15.4. The molecule has 25 heavy (non-hydrogen) atoms. The number of anilines is 1. The van der Waals surface area contributed by atoms with Crippen LogP contribution in [0.1, 0.15) is 40.6 Å². The van der Waals surface area contributed by atoms with Gasteiger partial charge >= 0.3 is 5.97 Å². The van der Waals surface area contributed by atoms with Gasteiger partial charge in [-0.1, -0.05) is 29.3 Å². The van der Waals surface area contributed by atoms with E-state index in [-0.39, 0.29) is 5.02 Å². The molecule has 1 aromatic carbocycles. The summed E-state index contributed by atoms with van der Waals surface area (Å²) in [7, 11) is 0. The summed E-state index contributed by atoms with van der Waals surface area (Å²) in [5, 5.41) is 3.16. The van der Waals surface area contributed by atoms with Crippen molar-refractivity contribution in [3.8, 4) is 0 Å². The third-order valence-electron chi connectivity index (χ3n) is 4.18. The molecule has 1 aliphatic carbocycles. The number of aromatic nitrogens is 1. The number of halogens is 2. The van der Waals surface area contributed by atoms with Crippen LogP contribution in [0, 0.1) is 13.8 Å². The molecule has 2 aromatic rings. The zero-order chi connectivity index (χ0) is 18.1. The fourth-order valence-corrected chi connectivity index (χ4v) is 3.22. The normalized spacial score (nSPS) is 13.6. The number of carbonyl (C=O) groups is 2. The van der Waals surface area contributed by atoms with Crippen molar-refractivity contribution in [3.05, 3.63) is 51.3 Å². The van der Waals surface area contributed by atoms with Gasteiger partial charge in [0.25, 0.3) is 5.91 Å². The van der Waals surface area contributed by atoms with Gasteiger partial charge in [0.2, 0.25) is 0 Å². The average Bonchev–Trinajstić information content (AvgIpc) is 3.35. The maximum absolute atomic E-state index is 12.3. The Morgan fingerprint density at radius 2 is 2.00 bits per heavy atom. The van der Waals surface area contributed by atoms with E-state index < -0.39 is 18.5 Å². The molecule has 1 N–H and O–H groups in total. The molecule has 5 nitrogen and oxygen atoms in total. The second kappa shape index (κ2) is 7.10. The van der Waals surface area contributed by atoms with Crippen molar-refractivity contribution in [2.24, 2.45) is 0 Å². The maximum atomic E-state index is 12.3. The topological polar surface area (TPSA) is 60.3 Å². The van der Waals surface area contributed by atoms with Crippen LogP contribution in [0.3, 0.4) is 0 Å². The van der Waals surface area contributed by atoms with Crippen molar-refractivity contribution >= 4 is 40.8 Å². The highest BCUT2D eigenvalue weighted by Gasteiger charge is 2.28. The number of aryl methyl sites for hydroxylation is 1. The fraction of sp³-hybridized carbons (Fsp3) is 0.333. The summed E-state index contributed by atoms with van der Waals surface area (Å²) in [4.78, 5) is 24.3. The largest absolute Gasteiger partial charge is 0.452 e. The Bertz CT molecular complexity index is 841. The fourth-order valence-electron chi connectivity index (χ4n) is 2.87. The van der Waals surface area contributed by atoms with Gasteiger partial charge < -0.3 is 14.6 Å². The number of ether oxygens (including phenoxy) is 1. The second-order valence-corrected chi connectivity index (χ2v) is 6.90. The summed E-state index contributed by atoms with van der Waals surface area (Å²) >= 11 is 11.9. The lowest BCUT2D eigenvalue weighted by atomic mass is 10.2. The van der Waals surface area contributed by atoms with Gasteiger partial charge in [0.1, 0.15) is 0 Å². The van der Waals surface area contributed by atoms with Crippen LogP contribution in [-0.2, 0) is 9.53 Å². The van der Waals surface area contributed by atoms with Gasteiger partial charge in [-0.2, -0.15) is 0 Å². The number of carbonyl (C=O) groups excluding carboxylic acids is 2. The lowest BCUT2D eigenvalue weighted by molar-refractivity contribution is -0.119. The van der Waals surface area contributed by atoms with E-state index in [1.54, 1.807) is 18.2 Å². The number of benzene rings is 1. The molecule has 0 radical (unpaired) electrons. The quantitative estimate of drug-likeness (QED) is 0.774. The van der Waals surface area contributed by atoms with Crippen LogP contribution in [0.2, 0.25) is 10.0 Å². The molecular formula is C18H18Cl2N2O3. The number of hydrogen-bond donors (Lipinski definition) is 1. The van der Waals surface area contributed by atoms with Crippen molar-refractivity contribution in [2.75, 3.05) is 11.9 Å². The molecule has 1 heterocycles. The molecule has 1 amide bonds. The summed E-state index contributed by atoms with van der Waals surface area (Å²) < 4.78 is 7.30. The minimum absolute atomic E-state index is 0.247. The highest BCUT2D eigenvalue weighted by Crippen LogP contribution is 2.38. The molecular weight excluding hydrogens is 363 g/mol. The Morgan fingerprint density at radius 3 is 2.68 bits per heavy atom. The van der Waals surface area contributed by atoms with Crippen molar-refractivity contribution in [2.45, 2.75) is 32.7 Å². The summed E-state index contributed by atoms with van der Waals surface area (Å²) in [6, 6.07) is 7.20. The van der Waals surface area contributed by atoms with Crippen molar-refractivity contribution in [3.63, 3.8) is 0 Å². The Labute approximate surface area is 155 Å². The Balaban J connectivity index is 1.61. The van der Waals surface area contributed by atoms with Gasteiger partial charge in [-0.15, -0.1) is 0 Å². The highest BCUT2D eigenvalue weighted by atomic mass is 35.5. The van der Waals surface area contributed by atoms with Gasteiger partial charge in [0, 0.05) is 17.4 Å². The van der Waals surface area contributed by atoms with Gasteiger partial charge in [-0.05, 0) is 44.9 Å². The molecule has 7 heteroatoms. The molecule has 0 atom stereocenters. The van der Waals surface area contributed by atoms with E-state index in [0.717, 1.165) is 24.2 Å².